The quantitative estimate of drug-likeness (QED) is 0.596. The van der Waals surface area contributed by atoms with Gasteiger partial charge in [-0.2, -0.15) is 4.99 Å². The second-order valence-corrected chi connectivity index (χ2v) is 7.81. The highest BCUT2D eigenvalue weighted by Gasteiger charge is 2.16. The summed E-state index contributed by atoms with van der Waals surface area (Å²) < 4.78 is 29.9. The van der Waals surface area contributed by atoms with Crippen molar-refractivity contribution in [3.63, 3.8) is 0 Å². The van der Waals surface area contributed by atoms with Crippen LogP contribution in [0.3, 0.4) is 0 Å². The van der Waals surface area contributed by atoms with Gasteiger partial charge in [0.05, 0.1) is 20.1 Å². The summed E-state index contributed by atoms with van der Waals surface area (Å²) in [5.74, 6) is -1.94. The summed E-state index contributed by atoms with van der Waals surface area (Å²) >= 11 is 13.9. The van der Waals surface area contributed by atoms with Gasteiger partial charge in [0.2, 0.25) is 0 Å². The van der Waals surface area contributed by atoms with Crippen molar-refractivity contribution >= 4 is 62.0 Å². The molecular formula is C14H8Cl2F2N2OS2. The highest BCUT2D eigenvalue weighted by Crippen LogP contribution is 2.31. The van der Waals surface area contributed by atoms with Gasteiger partial charge in [-0.15, -0.1) is 11.3 Å². The number of aryl methyl sites for hydroxylation is 1. The number of hydrogen-bond acceptors (Lipinski definition) is 3. The lowest BCUT2D eigenvalue weighted by atomic mass is 10.3. The Kier molecular flexibility index (Phi) is 4.55. The van der Waals surface area contributed by atoms with Crippen molar-refractivity contribution < 1.29 is 13.6 Å². The molecule has 120 valence electrons. The molecule has 2 aromatic heterocycles. The van der Waals surface area contributed by atoms with Crippen LogP contribution in [0.5, 0.6) is 0 Å². The first kappa shape index (κ1) is 16.6. The number of benzene rings is 1. The molecule has 0 aliphatic carbocycles. The Bertz CT molecular complexity index is 991. The minimum absolute atomic E-state index is 0.188. The number of fused-ring (bicyclic) bond motifs is 1. The maximum Gasteiger partial charge on any atom is 0.282 e. The number of carbonyl (C=O) groups excluding carboxylic acids is 1. The van der Waals surface area contributed by atoms with Crippen molar-refractivity contribution in [1.29, 1.82) is 0 Å². The van der Waals surface area contributed by atoms with E-state index >= 15 is 0 Å². The average Bonchev–Trinajstić information content (AvgIpc) is 2.98. The van der Waals surface area contributed by atoms with Crippen LogP contribution in [-0.4, -0.2) is 10.5 Å². The Morgan fingerprint density at radius 3 is 2.61 bits per heavy atom. The normalized spacial score (nSPS) is 12.3. The summed E-state index contributed by atoms with van der Waals surface area (Å²) in [5.41, 5.74) is 0.410. The maximum absolute atomic E-state index is 14.0. The molecule has 0 unspecified atom stereocenters. The SMILES string of the molecule is CCn1c(=NC(=O)c2cc(Cl)sc2Cl)sc2cc(F)cc(F)c21. The molecule has 3 nitrogen and oxygen atoms in total. The summed E-state index contributed by atoms with van der Waals surface area (Å²) in [4.78, 5) is 16.5. The molecule has 1 amide bonds. The monoisotopic (exact) mass is 392 g/mol. The van der Waals surface area contributed by atoms with Crippen LogP contribution in [0.25, 0.3) is 10.2 Å². The first-order valence-electron chi connectivity index (χ1n) is 6.43. The molecule has 0 aliphatic rings. The zero-order valence-corrected chi connectivity index (χ0v) is 14.7. The van der Waals surface area contributed by atoms with Gasteiger partial charge in [-0.05, 0) is 19.1 Å². The minimum atomic E-state index is -0.691. The van der Waals surface area contributed by atoms with Gasteiger partial charge in [0, 0.05) is 12.6 Å². The van der Waals surface area contributed by atoms with Gasteiger partial charge in [0.25, 0.3) is 5.91 Å². The van der Waals surface area contributed by atoms with Crippen molar-refractivity contribution in [2.45, 2.75) is 13.5 Å². The lowest BCUT2D eigenvalue weighted by Gasteiger charge is -2.01. The molecule has 1 aromatic carbocycles. The fraction of sp³-hybridized carbons (Fsp3) is 0.143. The number of aromatic nitrogens is 1. The van der Waals surface area contributed by atoms with Gasteiger partial charge in [-0.25, -0.2) is 8.78 Å². The molecule has 0 aliphatic heterocycles. The van der Waals surface area contributed by atoms with E-state index in [2.05, 4.69) is 4.99 Å². The Labute approximate surface area is 147 Å². The van der Waals surface area contributed by atoms with Crippen molar-refractivity contribution in [3.8, 4) is 0 Å². The molecule has 9 heteroatoms. The predicted octanol–water partition coefficient (Wildman–Crippen LogP) is 5.11. The Morgan fingerprint density at radius 2 is 2.00 bits per heavy atom. The molecule has 0 fully saturated rings. The molecule has 0 N–H and O–H groups in total. The first-order chi connectivity index (χ1) is 10.9. The molecule has 23 heavy (non-hydrogen) atoms. The van der Waals surface area contributed by atoms with Gasteiger partial charge in [-0.3, -0.25) is 4.79 Å². The average molecular weight is 393 g/mol. The second kappa shape index (κ2) is 6.32. The lowest BCUT2D eigenvalue weighted by Crippen LogP contribution is -2.16. The largest absolute Gasteiger partial charge is 0.314 e. The number of carbonyl (C=O) groups is 1. The van der Waals surface area contributed by atoms with Gasteiger partial charge in [-0.1, -0.05) is 34.5 Å². The summed E-state index contributed by atoms with van der Waals surface area (Å²) in [6.07, 6.45) is 0. The van der Waals surface area contributed by atoms with E-state index in [4.69, 9.17) is 23.2 Å². The molecule has 3 aromatic rings. The van der Waals surface area contributed by atoms with Crippen LogP contribution < -0.4 is 4.80 Å². The third kappa shape index (κ3) is 3.06. The number of amides is 1. The zero-order chi connectivity index (χ0) is 16.7. The fourth-order valence-corrected chi connectivity index (χ4v) is 4.72. The van der Waals surface area contributed by atoms with E-state index in [0.717, 1.165) is 28.7 Å². The Morgan fingerprint density at radius 1 is 1.26 bits per heavy atom. The zero-order valence-electron chi connectivity index (χ0n) is 11.6. The number of halogens is 4. The summed E-state index contributed by atoms with van der Waals surface area (Å²) in [6, 6.07) is 3.46. The Hall–Kier alpha value is -1.28. The molecular weight excluding hydrogens is 385 g/mol. The van der Waals surface area contributed by atoms with Crippen molar-refractivity contribution in [2.24, 2.45) is 4.99 Å². The van der Waals surface area contributed by atoms with Crippen LogP contribution in [0.15, 0.2) is 23.2 Å². The molecule has 0 saturated heterocycles. The highest BCUT2D eigenvalue weighted by molar-refractivity contribution is 7.20. The van der Waals surface area contributed by atoms with Crippen LogP contribution in [-0.2, 0) is 6.54 Å². The number of rotatable bonds is 2. The van der Waals surface area contributed by atoms with Crippen LogP contribution in [0, 0.1) is 11.6 Å². The number of thiazole rings is 1. The van der Waals surface area contributed by atoms with E-state index in [1.54, 1.807) is 6.92 Å². The van der Waals surface area contributed by atoms with Gasteiger partial charge in [0.15, 0.2) is 10.6 Å². The molecule has 0 bridgehead atoms. The highest BCUT2D eigenvalue weighted by atomic mass is 35.5. The van der Waals surface area contributed by atoms with E-state index in [0.29, 0.717) is 15.6 Å². The van der Waals surface area contributed by atoms with Crippen LogP contribution in [0.2, 0.25) is 8.67 Å². The maximum atomic E-state index is 14.0. The molecule has 2 heterocycles. The van der Waals surface area contributed by atoms with E-state index in [1.165, 1.54) is 16.7 Å². The molecule has 0 radical (unpaired) electrons. The third-order valence-corrected chi connectivity index (χ3v) is 5.61. The number of nitrogens with zero attached hydrogens (tertiary/aromatic N) is 2. The van der Waals surface area contributed by atoms with E-state index in [1.807, 2.05) is 0 Å². The van der Waals surface area contributed by atoms with Crippen molar-refractivity contribution in [3.05, 3.63) is 48.9 Å². The van der Waals surface area contributed by atoms with Gasteiger partial charge < -0.3 is 4.57 Å². The standard InChI is InChI=1S/C14H8Cl2F2N2OS2/c1-2-20-11-8(18)3-6(17)4-9(11)22-14(20)19-13(21)7-5-10(15)23-12(7)16/h3-5H,2H2,1H3. The van der Waals surface area contributed by atoms with E-state index in [-0.39, 0.29) is 20.2 Å². The smallest absolute Gasteiger partial charge is 0.282 e. The Balaban J connectivity index is 2.21. The van der Waals surface area contributed by atoms with Crippen LogP contribution >= 0.6 is 45.9 Å². The number of thiophene rings is 1. The summed E-state index contributed by atoms with van der Waals surface area (Å²) in [7, 11) is 0. The van der Waals surface area contributed by atoms with E-state index in [9.17, 15) is 13.6 Å². The first-order valence-corrected chi connectivity index (χ1v) is 8.82. The third-order valence-electron chi connectivity index (χ3n) is 3.10. The number of hydrogen-bond donors (Lipinski definition) is 0. The summed E-state index contributed by atoms with van der Waals surface area (Å²) in [6.45, 7) is 2.17. The van der Waals surface area contributed by atoms with Gasteiger partial charge in [0.1, 0.15) is 10.2 Å². The topological polar surface area (TPSA) is 34.4 Å². The summed E-state index contributed by atoms with van der Waals surface area (Å²) in [5, 5.41) is 0. The van der Waals surface area contributed by atoms with E-state index < -0.39 is 17.5 Å². The second-order valence-electron chi connectivity index (χ2n) is 4.52. The predicted molar refractivity (Wildman–Crippen MR) is 89.6 cm³/mol. The lowest BCUT2D eigenvalue weighted by molar-refractivity contribution is 0.0998. The van der Waals surface area contributed by atoms with Gasteiger partial charge >= 0.3 is 0 Å². The molecule has 3 rings (SSSR count). The molecule has 0 spiro atoms. The van der Waals surface area contributed by atoms with Crippen LogP contribution in [0.1, 0.15) is 17.3 Å². The molecule has 0 saturated carbocycles. The molecule has 0 atom stereocenters. The van der Waals surface area contributed by atoms with Crippen molar-refractivity contribution in [2.75, 3.05) is 0 Å². The van der Waals surface area contributed by atoms with Crippen LogP contribution in [0.4, 0.5) is 8.78 Å². The fourth-order valence-electron chi connectivity index (χ4n) is 2.14. The van der Waals surface area contributed by atoms with Crippen molar-refractivity contribution in [1.82, 2.24) is 4.57 Å². The minimum Gasteiger partial charge on any atom is -0.314 e.